The molecule has 0 aromatic heterocycles. The molecular formula is C17H31N3O2. The van der Waals surface area contributed by atoms with Crippen LogP contribution in [0.15, 0.2) is 4.99 Å². The van der Waals surface area contributed by atoms with Gasteiger partial charge in [0.05, 0.1) is 6.10 Å². The minimum absolute atomic E-state index is 0.408. The van der Waals surface area contributed by atoms with Crippen LogP contribution in [0.4, 0.5) is 0 Å². The number of nitrogens with one attached hydrogen (secondary N) is 1. The summed E-state index contributed by atoms with van der Waals surface area (Å²) in [7, 11) is 1.90. The first-order valence-electron chi connectivity index (χ1n) is 8.96. The van der Waals surface area contributed by atoms with E-state index in [1.807, 2.05) is 7.05 Å². The van der Waals surface area contributed by atoms with Gasteiger partial charge in [0.15, 0.2) is 5.96 Å². The normalized spacial score (nSPS) is 25.5. The van der Waals surface area contributed by atoms with Crippen LogP contribution < -0.4 is 5.32 Å². The third-order valence-electron chi connectivity index (χ3n) is 5.49. The number of aliphatic imine (C=N–C) groups is 1. The van der Waals surface area contributed by atoms with Crippen molar-refractivity contribution < 1.29 is 9.47 Å². The summed E-state index contributed by atoms with van der Waals surface area (Å²) in [4.78, 5) is 6.90. The fraction of sp³-hybridized carbons (Fsp3) is 0.941. The van der Waals surface area contributed by atoms with Crippen LogP contribution in [-0.4, -0.2) is 63.5 Å². The Labute approximate surface area is 134 Å². The number of ether oxygens (including phenoxy) is 2. The molecular weight excluding hydrogens is 278 g/mol. The van der Waals surface area contributed by atoms with Crippen molar-refractivity contribution in [1.82, 2.24) is 10.2 Å². The molecule has 5 heteroatoms. The molecule has 1 spiro atoms. The van der Waals surface area contributed by atoms with Crippen LogP contribution in [0.25, 0.3) is 0 Å². The largest absolute Gasteiger partial charge is 0.381 e. The Morgan fingerprint density at radius 1 is 1.32 bits per heavy atom. The van der Waals surface area contributed by atoms with Gasteiger partial charge in [-0.15, -0.1) is 0 Å². The van der Waals surface area contributed by atoms with E-state index >= 15 is 0 Å². The summed E-state index contributed by atoms with van der Waals surface area (Å²) >= 11 is 0. The van der Waals surface area contributed by atoms with Gasteiger partial charge in [0.25, 0.3) is 0 Å². The first kappa shape index (κ1) is 16.1. The predicted octanol–water partition coefficient (Wildman–Crippen LogP) is 2.02. The summed E-state index contributed by atoms with van der Waals surface area (Å²) in [5.74, 6) is 1.08. The zero-order chi connectivity index (χ0) is 15.3. The van der Waals surface area contributed by atoms with E-state index in [4.69, 9.17) is 9.47 Å². The number of nitrogens with zero attached hydrogens (tertiary/aromatic N) is 2. The molecule has 5 nitrogen and oxygen atoms in total. The van der Waals surface area contributed by atoms with E-state index < -0.39 is 0 Å². The molecule has 1 aliphatic carbocycles. The van der Waals surface area contributed by atoms with Crippen LogP contribution in [0, 0.1) is 5.41 Å². The molecule has 3 rings (SSSR count). The highest BCUT2D eigenvalue weighted by Crippen LogP contribution is 2.47. The highest BCUT2D eigenvalue weighted by molar-refractivity contribution is 5.80. The van der Waals surface area contributed by atoms with Gasteiger partial charge in [-0.3, -0.25) is 4.99 Å². The molecule has 22 heavy (non-hydrogen) atoms. The van der Waals surface area contributed by atoms with Gasteiger partial charge in [0.1, 0.15) is 0 Å². The second-order valence-corrected chi connectivity index (χ2v) is 7.04. The first-order valence-corrected chi connectivity index (χ1v) is 8.96. The lowest BCUT2D eigenvalue weighted by atomic mass is 9.68. The topological polar surface area (TPSA) is 46.1 Å². The number of hydrogen-bond donors (Lipinski definition) is 1. The lowest BCUT2D eigenvalue weighted by Crippen LogP contribution is -2.43. The summed E-state index contributed by atoms with van der Waals surface area (Å²) < 4.78 is 11.3. The van der Waals surface area contributed by atoms with E-state index in [1.54, 1.807) is 0 Å². The Morgan fingerprint density at radius 2 is 2.14 bits per heavy atom. The summed E-state index contributed by atoms with van der Waals surface area (Å²) in [6, 6.07) is 0. The van der Waals surface area contributed by atoms with Crippen molar-refractivity contribution in [2.45, 2.75) is 51.0 Å². The maximum absolute atomic E-state index is 5.91. The van der Waals surface area contributed by atoms with Gasteiger partial charge in [0, 0.05) is 46.5 Å². The maximum atomic E-state index is 5.91. The highest BCUT2D eigenvalue weighted by atomic mass is 16.5. The summed E-state index contributed by atoms with van der Waals surface area (Å²) in [5, 5.41) is 3.51. The van der Waals surface area contributed by atoms with Gasteiger partial charge in [-0.1, -0.05) is 6.42 Å². The molecule has 1 saturated carbocycles. The fourth-order valence-corrected chi connectivity index (χ4v) is 3.90. The van der Waals surface area contributed by atoms with Gasteiger partial charge in [-0.05, 0) is 43.9 Å². The average Bonchev–Trinajstić information content (AvgIpc) is 2.97. The van der Waals surface area contributed by atoms with Crippen molar-refractivity contribution >= 4 is 5.96 Å². The fourth-order valence-electron chi connectivity index (χ4n) is 3.90. The van der Waals surface area contributed by atoms with E-state index in [9.17, 15) is 0 Å². The van der Waals surface area contributed by atoms with Crippen LogP contribution in [0.5, 0.6) is 0 Å². The Kier molecular flexibility index (Phi) is 5.58. The third-order valence-corrected chi connectivity index (χ3v) is 5.49. The van der Waals surface area contributed by atoms with Crippen LogP contribution in [0.1, 0.15) is 44.9 Å². The number of guanidine groups is 1. The molecule has 1 N–H and O–H groups in total. The van der Waals surface area contributed by atoms with Crippen molar-refractivity contribution in [3.05, 3.63) is 0 Å². The van der Waals surface area contributed by atoms with Gasteiger partial charge >= 0.3 is 0 Å². The first-order chi connectivity index (χ1) is 10.8. The second-order valence-electron chi connectivity index (χ2n) is 7.04. The minimum Gasteiger partial charge on any atom is -0.381 e. The lowest BCUT2D eigenvalue weighted by Gasteiger charge is -2.38. The second kappa shape index (κ2) is 7.64. The SMILES string of the molecule is CN=C(NCCCOC1CCOCC1)N1CCC2(CCC2)C1. The lowest BCUT2D eigenvalue weighted by molar-refractivity contribution is -0.0320. The minimum atomic E-state index is 0.408. The van der Waals surface area contributed by atoms with Gasteiger partial charge in [0.2, 0.25) is 0 Å². The molecule has 0 amide bonds. The Morgan fingerprint density at radius 3 is 2.77 bits per heavy atom. The standard InChI is InChI=1S/C17H31N3O2/c1-18-16(20-10-8-17(14-20)6-2-7-17)19-9-3-11-22-15-4-12-21-13-5-15/h15H,2-14H2,1H3,(H,18,19). The van der Waals surface area contributed by atoms with Crippen molar-refractivity contribution in [1.29, 1.82) is 0 Å². The Balaban J connectivity index is 1.30. The van der Waals surface area contributed by atoms with Crippen molar-refractivity contribution in [3.8, 4) is 0 Å². The van der Waals surface area contributed by atoms with E-state index in [-0.39, 0.29) is 0 Å². The van der Waals surface area contributed by atoms with Gasteiger partial charge in [-0.2, -0.15) is 0 Å². The molecule has 0 aromatic rings. The quantitative estimate of drug-likeness (QED) is 0.479. The molecule has 0 radical (unpaired) electrons. The van der Waals surface area contributed by atoms with Crippen LogP contribution in [0.2, 0.25) is 0 Å². The third kappa shape index (κ3) is 3.93. The van der Waals surface area contributed by atoms with E-state index in [0.29, 0.717) is 11.5 Å². The molecule has 2 heterocycles. The van der Waals surface area contributed by atoms with Crippen molar-refractivity contribution in [3.63, 3.8) is 0 Å². The van der Waals surface area contributed by atoms with E-state index in [2.05, 4.69) is 15.2 Å². The molecule has 3 fully saturated rings. The molecule has 2 aliphatic heterocycles. The van der Waals surface area contributed by atoms with E-state index in [1.165, 1.54) is 32.2 Å². The molecule has 3 aliphatic rings. The summed E-state index contributed by atoms with van der Waals surface area (Å²) in [5.41, 5.74) is 0.629. The van der Waals surface area contributed by atoms with Gasteiger partial charge < -0.3 is 19.7 Å². The summed E-state index contributed by atoms with van der Waals surface area (Å²) in [6.45, 7) is 5.85. The van der Waals surface area contributed by atoms with Crippen molar-refractivity contribution in [2.75, 3.05) is 46.5 Å². The number of likely N-dealkylation sites (tertiary alicyclic amines) is 1. The van der Waals surface area contributed by atoms with Crippen molar-refractivity contribution in [2.24, 2.45) is 10.4 Å². The smallest absolute Gasteiger partial charge is 0.193 e. The molecule has 0 unspecified atom stereocenters. The summed E-state index contributed by atoms with van der Waals surface area (Å²) in [6.07, 6.45) is 9.14. The number of rotatable bonds is 5. The van der Waals surface area contributed by atoms with E-state index in [0.717, 1.165) is 58.1 Å². The monoisotopic (exact) mass is 309 g/mol. The molecule has 126 valence electrons. The molecule has 0 aromatic carbocycles. The van der Waals surface area contributed by atoms with Gasteiger partial charge in [-0.25, -0.2) is 0 Å². The molecule has 0 bridgehead atoms. The number of hydrogen-bond acceptors (Lipinski definition) is 3. The van der Waals surface area contributed by atoms with Crippen LogP contribution in [-0.2, 0) is 9.47 Å². The van der Waals surface area contributed by atoms with Crippen LogP contribution >= 0.6 is 0 Å². The Hall–Kier alpha value is -0.810. The zero-order valence-electron chi connectivity index (χ0n) is 14.0. The highest BCUT2D eigenvalue weighted by Gasteiger charge is 2.43. The predicted molar refractivity (Wildman–Crippen MR) is 88.2 cm³/mol. The van der Waals surface area contributed by atoms with Crippen LogP contribution in [0.3, 0.4) is 0 Å². The average molecular weight is 309 g/mol. The molecule has 0 atom stereocenters. The zero-order valence-corrected chi connectivity index (χ0v) is 14.0. The maximum Gasteiger partial charge on any atom is 0.193 e. The molecule has 2 saturated heterocycles. The Bertz CT molecular complexity index is 376.